The Labute approximate surface area is 97.7 Å². The van der Waals surface area contributed by atoms with Crippen LogP contribution in [0.5, 0.6) is 0 Å². The Hall–Kier alpha value is -0.570. The number of nitrogens with two attached hydrogens (primary N) is 1. The second-order valence-electron chi connectivity index (χ2n) is 5.44. The van der Waals surface area contributed by atoms with Crippen LogP contribution in [0.3, 0.4) is 0 Å². The molecule has 0 aromatic heterocycles. The SMILES string of the molecule is NC1(C(=O)OCCC2CCC2)CCCCC1. The van der Waals surface area contributed by atoms with E-state index in [1.807, 2.05) is 0 Å². The average molecular weight is 225 g/mol. The molecule has 0 amide bonds. The number of carbonyl (C=O) groups is 1. The molecule has 2 rings (SSSR count). The summed E-state index contributed by atoms with van der Waals surface area (Å²) in [6.45, 7) is 0.572. The Morgan fingerprint density at radius 2 is 1.88 bits per heavy atom. The molecule has 0 aliphatic heterocycles. The highest BCUT2D eigenvalue weighted by atomic mass is 16.5. The summed E-state index contributed by atoms with van der Waals surface area (Å²) in [5.74, 6) is 0.638. The molecule has 2 saturated carbocycles. The fourth-order valence-corrected chi connectivity index (χ4v) is 2.63. The van der Waals surface area contributed by atoms with E-state index in [0.29, 0.717) is 6.61 Å². The van der Waals surface area contributed by atoms with Gasteiger partial charge in [0.1, 0.15) is 5.54 Å². The Bertz CT molecular complexity index is 242. The number of hydrogen-bond donors (Lipinski definition) is 1. The van der Waals surface area contributed by atoms with Gasteiger partial charge in [-0.05, 0) is 25.2 Å². The molecule has 0 unspecified atom stereocenters. The van der Waals surface area contributed by atoms with Crippen molar-refractivity contribution in [1.82, 2.24) is 0 Å². The highest BCUT2D eigenvalue weighted by Gasteiger charge is 2.36. The summed E-state index contributed by atoms with van der Waals surface area (Å²) in [7, 11) is 0. The van der Waals surface area contributed by atoms with Gasteiger partial charge in [-0.3, -0.25) is 4.79 Å². The third-order valence-electron chi connectivity index (χ3n) is 4.14. The monoisotopic (exact) mass is 225 g/mol. The van der Waals surface area contributed by atoms with Gasteiger partial charge in [0.2, 0.25) is 0 Å². The van der Waals surface area contributed by atoms with Gasteiger partial charge in [0.05, 0.1) is 6.61 Å². The van der Waals surface area contributed by atoms with Gasteiger partial charge in [-0.2, -0.15) is 0 Å². The molecule has 2 fully saturated rings. The summed E-state index contributed by atoms with van der Waals surface area (Å²) < 4.78 is 5.33. The van der Waals surface area contributed by atoms with Gasteiger partial charge >= 0.3 is 5.97 Å². The molecule has 0 bridgehead atoms. The Morgan fingerprint density at radius 1 is 1.19 bits per heavy atom. The highest BCUT2D eigenvalue weighted by molar-refractivity contribution is 5.80. The van der Waals surface area contributed by atoms with Crippen molar-refractivity contribution in [1.29, 1.82) is 0 Å². The van der Waals surface area contributed by atoms with Crippen molar-refractivity contribution < 1.29 is 9.53 Å². The quantitative estimate of drug-likeness (QED) is 0.747. The lowest BCUT2D eigenvalue weighted by Crippen LogP contribution is -2.50. The second kappa shape index (κ2) is 5.17. The molecule has 0 radical (unpaired) electrons. The fraction of sp³-hybridized carbons (Fsp3) is 0.923. The minimum Gasteiger partial charge on any atom is -0.464 e. The first kappa shape index (κ1) is 11.9. The van der Waals surface area contributed by atoms with E-state index in [0.717, 1.165) is 38.0 Å². The van der Waals surface area contributed by atoms with Crippen LogP contribution >= 0.6 is 0 Å². The predicted molar refractivity (Wildman–Crippen MR) is 62.9 cm³/mol. The lowest BCUT2D eigenvalue weighted by molar-refractivity contribution is -0.152. The number of rotatable bonds is 4. The summed E-state index contributed by atoms with van der Waals surface area (Å²) >= 11 is 0. The first-order valence-electron chi connectivity index (χ1n) is 6.67. The first-order chi connectivity index (χ1) is 7.71. The lowest BCUT2D eigenvalue weighted by atomic mass is 9.82. The van der Waals surface area contributed by atoms with Gasteiger partial charge in [-0.1, -0.05) is 38.5 Å². The molecule has 0 spiro atoms. The molecular formula is C13H23NO2. The van der Waals surface area contributed by atoms with Crippen LogP contribution in [0.1, 0.15) is 57.8 Å². The van der Waals surface area contributed by atoms with Crippen LogP contribution in [0.4, 0.5) is 0 Å². The molecular weight excluding hydrogens is 202 g/mol. The van der Waals surface area contributed by atoms with Crippen molar-refractivity contribution in [3.05, 3.63) is 0 Å². The minimum absolute atomic E-state index is 0.161. The zero-order valence-electron chi connectivity index (χ0n) is 10.0. The summed E-state index contributed by atoms with van der Waals surface area (Å²) in [4.78, 5) is 11.9. The van der Waals surface area contributed by atoms with E-state index in [4.69, 9.17) is 10.5 Å². The van der Waals surface area contributed by atoms with Crippen molar-refractivity contribution in [2.45, 2.75) is 63.3 Å². The predicted octanol–water partition coefficient (Wildman–Crippen LogP) is 2.38. The summed E-state index contributed by atoms with van der Waals surface area (Å²) in [6.07, 6.45) is 9.93. The summed E-state index contributed by atoms with van der Waals surface area (Å²) in [6, 6.07) is 0. The van der Waals surface area contributed by atoms with Crippen molar-refractivity contribution in [2.24, 2.45) is 11.7 Å². The molecule has 92 valence electrons. The van der Waals surface area contributed by atoms with Crippen molar-refractivity contribution in [3.63, 3.8) is 0 Å². The number of hydrogen-bond acceptors (Lipinski definition) is 3. The topological polar surface area (TPSA) is 52.3 Å². The first-order valence-corrected chi connectivity index (χ1v) is 6.67. The molecule has 0 aromatic carbocycles. The van der Waals surface area contributed by atoms with E-state index in [2.05, 4.69) is 0 Å². The van der Waals surface area contributed by atoms with Gasteiger partial charge < -0.3 is 10.5 Å². The smallest absolute Gasteiger partial charge is 0.326 e. The molecule has 2 aliphatic carbocycles. The van der Waals surface area contributed by atoms with Crippen molar-refractivity contribution >= 4 is 5.97 Å². The average Bonchev–Trinajstić information content (AvgIpc) is 2.22. The summed E-state index contributed by atoms with van der Waals surface area (Å²) in [5, 5.41) is 0. The van der Waals surface area contributed by atoms with Crippen LogP contribution in [0.15, 0.2) is 0 Å². The van der Waals surface area contributed by atoms with Gasteiger partial charge in [0.15, 0.2) is 0 Å². The standard InChI is InChI=1S/C13H23NO2/c14-13(8-2-1-3-9-13)12(15)16-10-7-11-5-4-6-11/h11H,1-10,14H2. The fourth-order valence-electron chi connectivity index (χ4n) is 2.63. The van der Waals surface area contributed by atoms with E-state index in [9.17, 15) is 4.79 Å². The maximum Gasteiger partial charge on any atom is 0.326 e. The Kier molecular flexibility index (Phi) is 3.85. The molecule has 3 heteroatoms. The van der Waals surface area contributed by atoms with Gasteiger partial charge in [0.25, 0.3) is 0 Å². The van der Waals surface area contributed by atoms with E-state index < -0.39 is 5.54 Å². The zero-order chi connectivity index (χ0) is 11.4. The van der Waals surface area contributed by atoms with Gasteiger partial charge in [0, 0.05) is 0 Å². The normalized spacial score (nSPS) is 24.8. The molecule has 0 atom stereocenters. The van der Waals surface area contributed by atoms with Crippen molar-refractivity contribution in [2.75, 3.05) is 6.61 Å². The van der Waals surface area contributed by atoms with E-state index in [1.165, 1.54) is 25.7 Å². The zero-order valence-corrected chi connectivity index (χ0v) is 10.0. The minimum atomic E-state index is -0.669. The number of ether oxygens (including phenoxy) is 1. The van der Waals surface area contributed by atoms with E-state index in [-0.39, 0.29) is 5.97 Å². The van der Waals surface area contributed by atoms with E-state index in [1.54, 1.807) is 0 Å². The molecule has 2 N–H and O–H groups in total. The van der Waals surface area contributed by atoms with Crippen LogP contribution < -0.4 is 5.73 Å². The molecule has 0 saturated heterocycles. The van der Waals surface area contributed by atoms with Crippen LogP contribution in [-0.2, 0) is 9.53 Å². The largest absolute Gasteiger partial charge is 0.464 e. The Morgan fingerprint density at radius 3 is 2.44 bits per heavy atom. The molecule has 16 heavy (non-hydrogen) atoms. The van der Waals surface area contributed by atoms with Crippen LogP contribution in [-0.4, -0.2) is 18.1 Å². The number of carbonyl (C=O) groups excluding carboxylic acids is 1. The maximum absolute atomic E-state index is 11.9. The van der Waals surface area contributed by atoms with Crippen molar-refractivity contribution in [3.8, 4) is 0 Å². The van der Waals surface area contributed by atoms with Gasteiger partial charge in [-0.25, -0.2) is 0 Å². The highest BCUT2D eigenvalue weighted by Crippen LogP contribution is 2.30. The molecule has 2 aliphatic rings. The van der Waals surface area contributed by atoms with Crippen LogP contribution in [0.2, 0.25) is 0 Å². The van der Waals surface area contributed by atoms with E-state index >= 15 is 0 Å². The summed E-state index contributed by atoms with van der Waals surface area (Å²) in [5.41, 5.74) is 5.42. The number of esters is 1. The van der Waals surface area contributed by atoms with Crippen LogP contribution in [0, 0.1) is 5.92 Å². The third kappa shape index (κ3) is 2.76. The third-order valence-corrected chi connectivity index (χ3v) is 4.14. The molecule has 0 aromatic rings. The molecule has 3 nitrogen and oxygen atoms in total. The second-order valence-corrected chi connectivity index (χ2v) is 5.44. The lowest BCUT2D eigenvalue weighted by Gasteiger charge is -2.31. The Balaban J connectivity index is 1.69. The van der Waals surface area contributed by atoms with Gasteiger partial charge in [-0.15, -0.1) is 0 Å². The van der Waals surface area contributed by atoms with Crippen LogP contribution in [0.25, 0.3) is 0 Å². The molecule has 0 heterocycles. The maximum atomic E-state index is 11.9.